The summed E-state index contributed by atoms with van der Waals surface area (Å²) in [5.41, 5.74) is 0. The van der Waals surface area contributed by atoms with Crippen molar-refractivity contribution >= 4 is 0 Å². The summed E-state index contributed by atoms with van der Waals surface area (Å²) >= 11 is 0. The Balaban J connectivity index is 1.72. The molecule has 82 valence electrons. The van der Waals surface area contributed by atoms with Crippen LogP contribution in [0.2, 0.25) is 0 Å². The predicted octanol–water partition coefficient (Wildman–Crippen LogP) is 2.06. The molecule has 1 aromatic rings. The van der Waals surface area contributed by atoms with E-state index in [4.69, 9.17) is 9.15 Å². The molecule has 0 bridgehead atoms. The molecule has 1 saturated carbocycles. The van der Waals surface area contributed by atoms with Gasteiger partial charge in [-0.05, 0) is 24.5 Å². The molecule has 1 aromatic heterocycles. The summed E-state index contributed by atoms with van der Waals surface area (Å²) in [7, 11) is 0. The van der Waals surface area contributed by atoms with Gasteiger partial charge in [0.1, 0.15) is 17.6 Å². The summed E-state index contributed by atoms with van der Waals surface area (Å²) < 4.78 is 11.5. The summed E-state index contributed by atoms with van der Waals surface area (Å²) in [4.78, 5) is 0. The lowest BCUT2D eigenvalue weighted by Crippen LogP contribution is -2.33. The lowest BCUT2D eigenvalue weighted by molar-refractivity contribution is 0.0136. The molecule has 1 aliphatic carbocycles. The van der Waals surface area contributed by atoms with Crippen LogP contribution in [0.4, 0.5) is 0 Å². The second-order valence-electron chi connectivity index (χ2n) is 4.62. The van der Waals surface area contributed by atoms with E-state index in [1.165, 1.54) is 6.42 Å². The molecule has 3 unspecified atom stereocenters. The first-order valence-corrected chi connectivity index (χ1v) is 5.76. The molecule has 2 heterocycles. The van der Waals surface area contributed by atoms with Crippen LogP contribution >= 0.6 is 0 Å². The highest BCUT2D eigenvalue weighted by atomic mass is 16.5. The number of rotatable bonds is 2. The molecule has 0 spiro atoms. The summed E-state index contributed by atoms with van der Waals surface area (Å²) in [6.07, 6.45) is 1.39. The Labute approximate surface area is 89.8 Å². The number of furan rings is 1. The van der Waals surface area contributed by atoms with E-state index >= 15 is 0 Å². The van der Waals surface area contributed by atoms with Gasteiger partial charge in [-0.25, -0.2) is 0 Å². The lowest BCUT2D eigenvalue weighted by Gasteiger charge is -2.21. The molecule has 1 aliphatic heterocycles. The normalized spacial score (nSPS) is 35.4. The van der Waals surface area contributed by atoms with Gasteiger partial charge in [0.25, 0.3) is 0 Å². The number of hydrogen-bond donors (Lipinski definition) is 1. The Kier molecular flexibility index (Phi) is 2.29. The minimum absolute atomic E-state index is 0.113. The smallest absolute Gasteiger partial charge is 0.134 e. The molecule has 2 aliphatic rings. The standard InChI is InChI=1S/C12H17NO2/c1-8-6-9(8)10-2-3-11(15-10)12-7-13-4-5-14-12/h2-3,8-9,12-13H,4-7H2,1H3. The molecule has 0 radical (unpaired) electrons. The van der Waals surface area contributed by atoms with Crippen molar-refractivity contribution in [1.29, 1.82) is 0 Å². The number of nitrogens with one attached hydrogen (secondary N) is 1. The van der Waals surface area contributed by atoms with E-state index in [1.807, 2.05) is 0 Å². The molecule has 0 aromatic carbocycles. The van der Waals surface area contributed by atoms with Crippen molar-refractivity contribution in [3.05, 3.63) is 23.7 Å². The van der Waals surface area contributed by atoms with Gasteiger partial charge in [0.15, 0.2) is 0 Å². The topological polar surface area (TPSA) is 34.4 Å². The van der Waals surface area contributed by atoms with E-state index in [9.17, 15) is 0 Å². The minimum Gasteiger partial charge on any atom is -0.463 e. The molecule has 15 heavy (non-hydrogen) atoms. The van der Waals surface area contributed by atoms with Gasteiger partial charge in [-0.2, -0.15) is 0 Å². The molecular formula is C12H17NO2. The van der Waals surface area contributed by atoms with E-state index in [1.54, 1.807) is 0 Å². The number of hydrogen-bond acceptors (Lipinski definition) is 3. The van der Waals surface area contributed by atoms with Gasteiger partial charge in [0, 0.05) is 19.0 Å². The van der Waals surface area contributed by atoms with Crippen LogP contribution in [0, 0.1) is 5.92 Å². The SMILES string of the molecule is CC1CC1c1ccc(C2CNCCO2)o1. The van der Waals surface area contributed by atoms with Crippen molar-refractivity contribution in [1.82, 2.24) is 5.32 Å². The van der Waals surface area contributed by atoms with E-state index in [2.05, 4.69) is 24.4 Å². The Hall–Kier alpha value is -0.800. The average Bonchev–Trinajstić information content (AvgIpc) is 2.83. The Bertz CT molecular complexity index is 341. The highest BCUT2D eigenvalue weighted by Crippen LogP contribution is 2.47. The lowest BCUT2D eigenvalue weighted by atomic mass is 10.2. The maximum atomic E-state index is 5.85. The first-order valence-electron chi connectivity index (χ1n) is 5.76. The van der Waals surface area contributed by atoms with Gasteiger partial charge in [-0.1, -0.05) is 6.92 Å². The Morgan fingerprint density at radius 3 is 2.80 bits per heavy atom. The van der Waals surface area contributed by atoms with Crippen molar-refractivity contribution in [3.8, 4) is 0 Å². The van der Waals surface area contributed by atoms with Gasteiger partial charge in [0.2, 0.25) is 0 Å². The van der Waals surface area contributed by atoms with Crippen LogP contribution in [0.3, 0.4) is 0 Å². The van der Waals surface area contributed by atoms with Crippen LogP contribution in [-0.4, -0.2) is 19.7 Å². The number of morpholine rings is 1. The maximum Gasteiger partial charge on any atom is 0.134 e. The van der Waals surface area contributed by atoms with Crippen LogP contribution in [0.1, 0.15) is 36.9 Å². The van der Waals surface area contributed by atoms with E-state index < -0.39 is 0 Å². The Morgan fingerprint density at radius 1 is 1.33 bits per heavy atom. The zero-order chi connectivity index (χ0) is 10.3. The summed E-state index contributed by atoms with van der Waals surface area (Å²) in [5.74, 6) is 3.59. The monoisotopic (exact) mass is 207 g/mol. The fourth-order valence-electron chi connectivity index (χ4n) is 2.21. The van der Waals surface area contributed by atoms with Crippen molar-refractivity contribution in [2.24, 2.45) is 5.92 Å². The molecule has 3 heteroatoms. The minimum atomic E-state index is 0.113. The third-order valence-corrected chi connectivity index (χ3v) is 3.37. The van der Waals surface area contributed by atoms with Gasteiger partial charge < -0.3 is 14.5 Å². The fourth-order valence-corrected chi connectivity index (χ4v) is 2.21. The highest BCUT2D eigenvalue weighted by molar-refractivity contribution is 5.19. The van der Waals surface area contributed by atoms with E-state index in [0.29, 0.717) is 5.92 Å². The quantitative estimate of drug-likeness (QED) is 0.806. The largest absolute Gasteiger partial charge is 0.463 e. The average molecular weight is 207 g/mol. The molecule has 1 saturated heterocycles. The van der Waals surface area contributed by atoms with Crippen molar-refractivity contribution in [2.45, 2.75) is 25.4 Å². The van der Waals surface area contributed by atoms with E-state index in [0.717, 1.165) is 37.1 Å². The summed E-state index contributed by atoms with van der Waals surface area (Å²) in [5, 5.41) is 3.31. The summed E-state index contributed by atoms with van der Waals surface area (Å²) in [6, 6.07) is 4.18. The molecule has 1 N–H and O–H groups in total. The third-order valence-electron chi connectivity index (χ3n) is 3.37. The molecule has 3 rings (SSSR count). The highest BCUT2D eigenvalue weighted by Gasteiger charge is 2.37. The fraction of sp³-hybridized carbons (Fsp3) is 0.667. The molecule has 3 atom stereocenters. The van der Waals surface area contributed by atoms with Crippen LogP contribution < -0.4 is 5.32 Å². The summed E-state index contributed by atoms with van der Waals surface area (Å²) in [6.45, 7) is 4.86. The Morgan fingerprint density at radius 2 is 2.13 bits per heavy atom. The third kappa shape index (κ3) is 1.82. The zero-order valence-electron chi connectivity index (χ0n) is 9.03. The van der Waals surface area contributed by atoms with Crippen molar-refractivity contribution in [3.63, 3.8) is 0 Å². The van der Waals surface area contributed by atoms with Gasteiger partial charge in [-0.3, -0.25) is 0 Å². The first-order chi connectivity index (χ1) is 7.34. The predicted molar refractivity (Wildman–Crippen MR) is 56.8 cm³/mol. The molecule has 2 fully saturated rings. The van der Waals surface area contributed by atoms with Gasteiger partial charge >= 0.3 is 0 Å². The van der Waals surface area contributed by atoms with Crippen LogP contribution in [0.25, 0.3) is 0 Å². The van der Waals surface area contributed by atoms with E-state index in [-0.39, 0.29) is 6.10 Å². The van der Waals surface area contributed by atoms with Crippen molar-refractivity contribution < 1.29 is 9.15 Å². The molecular weight excluding hydrogens is 190 g/mol. The second-order valence-corrected chi connectivity index (χ2v) is 4.62. The second kappa shape index (κ2) is 3.65. The van der Waals surface area contributed by atoms with Crippen LogP contribution in [-0.2, 0) is 4.74 Å². The van der Waals surface area contributed by atoms with Gasteiger partial charge in [-0.15, -0.1) is 0 Å². The van der Waals surface area contributed by atoms with Crippen molar-refractivity contribution in [2.75, 3.05) is 19.7 Å². The zero-order valence-corrected chi connectivity index (χ0v) is 9.03. The van der Waals surface area contributed by atoms with Crippen LogP contribution in [0.5, 0.6) is 0 Å². The van der Waals surface area contributed by atoms with Crippen LogP contribution in [0.15, 0.2) is 16.5 Å². The molecule has 0 amide bonds. The van der Waals surface area contributed by atoms with Gasteiger partial charge in [0.05, 0.1) is 6.61 Å². The first kappa shape index (κ1) is 9.43. The maximum absolute atomic E-state index is 5.85. The number of ether oxygens (including phenoxy) is 1. The molecule has 3 nitrogen and oxygen atoms in total.